The van der Waals surface area contributed by atoms with E-state index in [1.807, 2.05) is 18.2 Å². The van der Waals surface area contributed by atoms with Gasteiger partial charge in [-0.05, 0) is 18.9 Å². The summed E-state index contributed by atoms with van der Waals surface area (Å²) in [6.07, 6.45) is 11.2. The maximum atomic E-state index is 11.3. The summed E-state index contributed by atoms with van der Waals surface area (Å²) >= 11 is 0. The minimum atomic E-state index is 0.161. The van der Waals surface area contributed by atoms with Gasteiger partial charge in [0.15, 0.2) is 0 Å². The van der Waals surface area contributed by atoms with E-state index in [2.05, 4.69) is 5.32 Å². The van der Waals surface area contributed by atoms with Crippen molar-refractivity contribution in [2.45, 2.75) is 31.7 Å². The lowest BCUT2D eigenvalue weighted by Gasteiger charge is -2.09. The van der Waals surface area contributed by atoms with Gasteiger partial charge in [0.1, 0.15) is 0 Å². The van der Waals surface area contributed by atoms with Crippen molar-refractivity contribution in [1.29, 1.82) is 0 Å². The van der Waals surface area contributed by atoms with Crippen molar-refractivity contribution in [1.82, 2.24) is 5.32 Å². The lowest BCUT2D eigenvalue weighted by molar-refractivity contribution is -0.121. The van der Waals surface area contributed by atoms with Gasteiger partial charge in [-0.15, -0.1) is 0 Å². The number of hydrogen-bond acceptors (Lipinski definition) is 2. The zero-order chi connectivity index (χ0) is 10.5. The highest BCUT2D eigenvalue weighted by Gasteiger charge is 2.13. The Morgan fingerprint density at radius 3 is 3.20 bits per heavy atom. The van der Waals surface area contributed by atoms with Gasteiger partial charge in [0, 0.05) is 18.0 Å². The SMILES string of the molecule is O=C1CCCCC(C=Cc2ccoc2)N1. The van der Waals surface area contributed by atoms with Crippen LogP contribution in [0.5, 0.6) is 0 Å². The summed E-state index contributed by atoms with van der Waals surface area (Å²) in [6, 6.07) is 2.07. The Bertz CT molecular complexity index is 341. The first-order valence-corrected chi connectivity index (χ1v) is 5.34. The van der Waals surface area contributed by atoms with Crippen molar-refractivity contribution >= 4 is 12.0 Å². The van der Waals surface area contributed by atoms with Crippen molar-refractivity contribution in [2.24, 2.45) is 0 Å². The molecule has 15 heavy (non-hydrogen) atoms. The summed E-state index contributed by atoms with van der Waals surface area (Å²) in [6.45, 7) is 0. The topological polar surface area (TPSA) is 42.2 Å². The van der Waals surface area contributed by atoms with Gasteiger partial charge in [-0.1, -0.05) is 18.6 Å². The number of amides is 1. The normalized spacial score (nSPS) is 22.7. The Hall–Kier alpha value is -1.51. The van der Waals surface area contributed by atoms with Crippen LogP contribution in [0.1, 0.15) is 31.2 Å². The van der Waals surface area contributed by atoms with Gasteiger partial charge in [0.05, 0.1) is 12.5 Å². The zero-order valence-corrected chi connectivity index (χ0v) is 8.61. The second-order valence-corrected chi connectivity index (χ2v) is 3.84. The standard InChI is InChI=1S/C12H15NO2/c14-12-4-2-1-3-11(13-12)6-5-10-7-8-15-9-10/h5-9,11H,1-4H2,(H,13,14). The van der Waals surface area contributed by atoms with Gasteiger partial charge >= 0.3 is 0 Å². The molecule has 1 fully saturated rings. The van der Waals surface area contributed by atoms with E-state index < -0.39 is 0 Å². The minimum Gasteiger partial charge on any atom is -0.472 e. The van der Waals surface area contributed by atoms with E-state index in [0.29, 0.717) is 6.42 Å². The summed E-state index contributed by atoms with van der Waals surface area (Å²) in [5.41, 5.74) is 1.04. The van der Waals surface area contributed by atoms with E-state index >= 15 is 0 Å². The van der Waals surface area contributed by atoms with Gasteiger partial charge in [0.25, 0.3) is 0 Å². The molecule has 0 spiro atoms. The molecule has 3 nitrogen and oxygen atoms in total. The van der Waals surface area contributed by atoms with Gasteiger partial charge < -0.3 is 9.73 Å². The molecule has 0 saturated carbocycles. The van der Waals surface area contributed by atoms with Crippen LogP contribution < -0.4 is 5.32 Å². The van der Waals surface area contributed by atoms with Crippen LogP contribution in [0.3, 0.4) is 0 Å². The number of hydrogen-bond donors (Lipinski definition) is 1. The molecule has 1 aromatic heterocycles. The maximum Gasteiger partial charge on any atom is 0.220 e. The molecule has 1 N–H and O–H groups in total. The molecule has 0 radical (unpaired) electrons. The van der Waals surface area contributed by atoms with Crippen LogP contribution in [0, 0.1) is 0 Å². The summed E-state index contributed by atoms with van der Waals surface area (Å²) < 4.78 is 4.96. The summed E-state index contributed by atoms with van der Waals surface area (Å²) in [4.78, 5) is 11.3. The highest BCUT2D eigenvalue weighted by Crippen LogP contribution is 2.12. The van der Waals surface area contributed by atoms with Gasteiger partial charge in [0.2, 0.25) is 5.91 Å². The molecule has 2 heterocycles. The predicted molar refractivity (Wildman–Crippen MR) is 58.1 cm³/mol. The van der Waals surface area contributed by atoms with Gasteiger partial charge in [-0.2, -0.15) is 0 Å². The predicted octanol–water partition coefficient (Wildman–Crippen LogP) is 2.35. The highest BCUT2D eigenvalue weighted by molar-refractivity contribution is 5.76. The third-order valence-electron chi connectivity index (χ3n) is 2.58. The molecule has 2 rings (SSSR count). The minimum absolute atomic E-state index is 0.161. The Kier molecular flexibility index (Phi) is 3.22. The van der Waals surface area contributed by atoms with Gasteiger partial charge in [-0.3, -0.25) is 4.79 Å². The molecule has 0 aromatic carbocycles. The molecule has 3 heteroatoms. The molecule has 1 aliphatic rings. The first-order chi connectivity index (χ1) is 7.34. The van der Waals surface area contributed by atoms with Crippen molar-refractivity contribution in [3.05, 3.63) is 30.2 Å². The Morgan fingerprint density at radius 1 is 1.47 bits per heavy atom. The van der Waals surface area contributed by atoms with E-state index in [-0.39, 0.29) is 11.9 Å². The largest absolute Gasteiger partial charge is 0.472 e. The first-order valence-electron chi connectivity index (χ1n) is 5.34. The molecule has 0 aliphatic carbocycles. The van der Waals surface area contributed by atoms with Crippen LogP contribution in [0.4, 0.5) is 0 Å². The number of carbonyl (C=O) groups is 1. The number of carbonyl (C=O) groups excluding carboxylic acids is 1. The third kappa shape index (κ3) is 2.98. The third-order valence-corrected chi connectivity index (χ3v) is 2.58. The second-order valence-electron chi connectivity index (χ2n) is 3.84. The Morgan fingerprint density at radius 2 is 2.40 bits per heavy atom. The fourth-order valence-electron chi connectivity index (χ4n) is 1.74. The summed E-state index contributed by atoms with van der Waals surface area (Å²) in [5.74, 6) is 0.161. The number of furan rings is 1. The molecular weight excluding hydrogens is 190 g/mol. The zero-order valence-electron chi connectivity index (χ0n) is 8.61. The van der Waals surface area contributed by atoms with Crippen LogP contribution in [0.15, 0.2) is 29.1 Å². The van der Waals surface area contributed by atoms with Crippen molar-refractivity contribution in [3.63, 3.8) is 0 Å². The number of rotatable bonds is 2. The molecule has 1 aliphatic heterocycles. The summed E-state index contributed by atoms with van der Waals surface area (Å²) in [7, 11) is 0. The molecular formula is C12H15NO2. The lowest BCUT2D eigenvalue weighted by atomic mass is 10.1. The molecule has 0 bridgehead atoms. The monoisotopic (exact) mass is 205 g/mol. The van der Waals surface area contributed by atoms with Crippen LogP contribution in [-0.4, -0.2) is 11.9 Å². The molecule has 1 amide bonds. The van der Waals surface area contributed by atoms with E-state index in [9.17, 15) is 4.79 Å². The second kappa shape index (κ2) is 4.82. The first kappa shape index (κ1) is 10.0. The average molecular weight is 205 g/mol. The van der Waals surface area contributed by atoms with Crippen LogP contribution in [-0.2, 0) is 4.79 Å². The smallest absolute Gasteiger partial charge is 0.220 e. The quantitative estimate of drug-likeness (QED) is 0.805. The van der Waals surface area contributed by atoms with Crippen LogP contribution >= 0.6 is 0 Å². The van der Waals surface area contributed by atoms with Crippen molar-refractivity contribution < 1.29 is 9.21 Å². The highest BCUT2D eigenvalue weighted by atomic mass is 16.3. The molecule has 1 unspecified atom stereocenters. The number of nitrogens with one attached hydrogen (secondary N) is 1. The molecule has 80 valence electrons. The van der Waals surface area contributed by atoms with E-state index in [1.165, 1.54) is 0 Å². The van der Waals surface area contributed by atoms with Crippen LogP contribution in [0.25, 0.3) is 6.08 Å². The Labute approximate surface area is 89.2 Å². The Balaban J connectivity index is 1.95. The maximum absolute atomic E-state index is 11.3. The van der Waals surface area contributed by atoms with E-state index in [1.54, 1.807) is 12.5 Å². The van der Waals surface area contributed by atoms with Crippen molar-refractivity contribution in [2.75, 3.05) is 0 Å². The molecule has 1 atom stereocenters. The fourth-order valence-corrected chi connectivity index (χ4v) is 1.74. The average Bonchev–Trinajstić information content (AvgIpc) is 2.65. The molecule has 1 aromatic rings. The van der Waals surface area contributed by atoms with Crippen molar-refractivity contribution in [3.8, 4) is 0 Å². The van der Waals surface area contributed by atoms with Crippen LogP contribution in [0.2, 0.25) is 0 Å². The summed E-state index contributed by atoms with van der Waals surface area (Å²) in [5, 5.41) is 2.98. The molecule has 1 saturated heterocycles. The van der Waals surface area contributed by atoms with E-state index in [0.717, 1.165) is 24.8 Å². The lowest BCUT2D eigenvalue weighted by Crippen LogP contribution is -2.30. The fraction of sp³-hybridized carbons (Fsp3) is 0.417. The van der Waals surface area contributed by atoms with Gasteiger partial charge in [-0.25, -0.2) is 0 Å². The van der Waals surface area contributed by atoms with E-state index in [4.69, 9.17) is 4.42 Å².